The first kappa shape index (κ1) is 17.4. The first-order valence-electron chi connectivity index (χ1n) is 8.84. The van der Waals surface area contributed by atoms with Crippen LogP contribution in [0.4, 0.5) is 0 Å². The molecule has 0 amide bonds. The Labute approximate surface area is 142 Å². The summed E-state index contributed by atoms with van der Waals surface area (Å²) in [5, 5.41) is 10.6. The van der Waals surface area contributed by atoms with Gasteiger partial charge in [0.05, 0.1) is 12.6 Å². The minimum absolute atomic E-state index is 0.113. The van der Waals surface area contributed by atoms with E-state index in [0.717, 1.165) is 25.9 Å². The average molecular weight is 337 g/mol. The molecule has 0 spiro atoms. The van der Waals surface area contributed by atoms with Gasteiger partial charge in [-0.15, -0.1) is 0 Å². The predicted molar refractivity (Wildman–Crippen MR) is 87.1 cm³/mol. The van der Waals surface area contributed by atoms with Crippen LogP contribution in [0.15, 0.2) is 11.6 Å². The van der Waals surface area contributed by atoms with Gasteiger partial charge in [-0.1, -0.05) is 13.0 Å². The van der Waals surface area contributed by atoms with Crippen molar-refractivity contribution in [1.29, 1.82) is 0 Å². The number of allylic oxidation sites excluding steroid dienone is 1. The summed E-state index contributed by atoms with van der Waals surface area (Å²) in [5.74, 6) is -1.23. The monoisotopic (exact) mass is 337 g/mol. The molecular weight excluding hydrogens is 310 g/mol. The molecule has 6 nitrogen and oxygen atoms in total. The fourth-order valence-corrected chi connectivity index (χ4v) is 4.11. The first-order valence-corrected chi connectivity index (χ1v) is 8.84. The Hall–Kier alpha value is -1.40. The molecule has 6 heteroatoms. The first-order chi connectivity index (χ1) is 11.3. The summed E-state index contributed by atoms with van der Waals surface area (Å²) in [4.78, 5) is 27.3. The molecule has 3 rings (SSSR count). The molecule has 1 N–H and O–H groups in total. The maximum absolute atomic E-state index is 12.6. The highest BCUT2D eigenvalue weighted by Crippen LogP contribution is 2.36. The third-order valence-corrected chi connectivity index (χ3v) is 5.97. The second-order valence-corrected chi connectivity index (χ2v) is 7.47. The number of aliphatic hydroxyl groups is 1. The lowest BCUT2D eigenvalue weighted by molar-refractivity contribution is -0.172. The van der Waals surface area contributed by atoms with Crippen molar-refractivity contribution in [3.63, 3.8) is 0 Å². The summed E-state index contributed by atoms with van der Waals surface area (Å²) in [5.41, 5.74) is -1.12. The van der Waals surface area contributed by atoms with Crippen molar-refractivity contribution in [3.05, 3.63) is 11.6 Å². The van der Waals surface area contributed by atoms with Crippen LogP contribution in [0.2, 0.25) is 0 Å². The van der Waals surface area contributed by atoms with Crippen molar-refractivity contribution in [2.45, 2.75) is 57.8 Å². The number of ether oxygens (including phenoxy) is 2. The van der Waals surface area contributed by atoms with Crippen molar-refractivity contribution in [2.24, 2.45) is 11.8 Å². The van der Waals surface area contributed by atoms with Crippen LogP contribution in [0.1, 0.15) is 40.0 Å². The van der Waals surface area contributed by atoms with Crippen LogP contribution in [0.5, 0.6) is 0 Å². The maximum Gasteiger partial charge on any atom is 0.338 e. The van der Waals surface area contributed by atoms with Gasteiger partial charge in [0.2, 0.25) is 0 Å². The van der Waals surface area contributed by atoms with Crippen molar-refractivity contribution in [3.8, 4) is 0 Å². The fraction of sp³-hybridized carbons (Fsp3) is 0.778. The average Bonchev–Trinajstić information content (AvgIpc) is 3.12. The van der Waals surface area contributed by atoms with Gasteiger partial charge in [0.15, 0.2) is 5.60 Å². The number of esters is 2. The van der Waals surface area contributed by atoms with Gasteiger partial charge in [0.1, 0.15) is 6.10 Å². The van der Waals surface area contributed by atoms with Crippen LogP contribution < -0.4 is 0 Å². The molecule has 0 bridgehead atoms. The van der Waals surface area contributed by atoms with E-state index in [0.29, 0.717) is 5.57 Å². The number of cyclic esters (lactones) is 1. The smallest absolute Gasteiger partial charge is 0.338 e. The van der Waals surface area contributed by atoms with Crippen LogP contribution in [0.3, 0.4) is 0 Å². The molecule has 3 aliphatic heterocycles. The minimum atomic E-state index is -1.62. The standard InChI is InChI=1S/C18H27NO5/c1-4-12-9-11(2)18(3,22)17(21)23-10-13-5-7-19-8-6-14(15(13)19)24-16(12)20/h4,11,13-15,22H,5-10H2,1-3H3/b12-4+/t11-,13-,14-,15-,18+/m1/s1. The zero-order valence-corrected chi connectivity index (χ0v) is 14.7. The van der Waals surface area contributed by atoms with E-state index < -0.39 is 17.5 Å². The van der Waals surface area contributed by atoms with Crippen LogP contribution in [-0.4, -0.2) is 59.4 Å². The Morgan fingerprint density at radius 2 is 2.00 bits per heavy atom. The Bertz CT molecular complexity index is 556. The molecule has 5 atom stereocenters. The second kappa shape index (κ2) is 6.48. The van der Waals surface area contributed by atoms with E-state index in [1.165, 1.54) is 6.92 Å². The highest BCUT2D eigenvalue weighted by atomic mass is 16.6. The second-order valence-electron chi connectivity index (χ2n) is 7.47. The Kier molecular flexibility index (Phi) is 4.71. The van der Waals surface area contributed by atoms with Crippen molar-refractivity contribution < 1.29 is 24.2 Å². The van der Waals surface area contributed by atoms with E-state index in [1.807, 2.05) is 0 Å². The third kappa shape index (κ3) is 2.97. The van der Waals surface area contributed by atoms with Crippen LogP contribution in [-0.2, 0) is 19.1 Å². The summed E-state index contributed by atoms with van der Waals surface area (Å²) in [6, 6.07) is 0.113. The Morgan fingerprint density at radius 3 is 2.71 bits per heavy atom. The maximum atomic E-state index is 12.6. The number of rotatable bonds is 0. The van der Waals surface area contributed by atoms with E-state index in [9.17, 15) is 14.7 Å². The van der Waals surface area contributed by atoms with Crippen molar-refractivity contribution >= 4 is 11.9 Å². The van der Waals surface area contributed by atoms with Crippen LogP contribution >= 0.6 is 0 Å². The number of carbonyl (C=O) groups is 2. The molecule has 134 valence electrons. The van der Waals surface area contributed by atoms with E-state index >= 15 is 0 Å². The van der Waals surface area contributed by atoms with Gasteiger partial charge >= 0.3 is 11.9 Å². The molecule has 0 saturated carbocycles. The van der Waals surface area contributed by atoms with Gasteiger partial charge in [-0.3, -0.25) is 4.90 Å². The molecule has 3 saturated heterocycles. The molecule has 0 aromatic heterocycles. The van der Waals surface area contributed by atoms with Gasteiger partial charge in [0.25, 0.3) is 0 Å². The quantitative estimate of drug-likeness (QED) is 0.530. The van der Waals surface area contributed by atoms with E-state index in [2.05, 4.69) is 4.90 Å². The van der Waals surface area contributed by atoms with Crippen molar-refractivity contribution in [2.75, 3.05) is 19.7 Å². The van der Waals surface area contributed by atoms with Crippen LogP contribution in [0, 0.1) is 11.8 Å². The SMILES string of the molecule is C/C=C1\C[C@@H](C)[C@](C)(O)C(=O)OC[C@H]2CCN3CC[C@@H](OC1=O)[C@@H]23. The minimum Gasteiger partial charge on any atom is -0.463 e. The highest BCUT2D eigenvalue weighted by Gasteiger charge is 2.48. The molecule has 3 heterocycles. The number of hydrogen-bond acceptors (Lipinski definition) is 6. The highest BCUT2D eigenvalue weighted by molar-refractivity contribution is 5.89. The molecular formula is C18H27NO5. The van der Waals surface area contributed by atoms with Crippen molar-refractivity contribution in [1.82, 2.24) is 4.90 Å². The third-order valence-electron chi connectivity index (χ3n) is 5.97. The van der Waals surface area contributed by atoms with Gasteiger partial charge in [-0.2, -0.15) is 0 Å². The number of nitrogens with zero attached hydrogens (tertiary/aromatic N) is 1. The Balaban J connectivity index is 1.89. The summed E-state index contributed by atoms with van der Waals surface area (Å²) >= 11 is 0. The lowest BCUT2D eigenvalue weighted by atomic mass is 9.85. The van der Waals surface area contributed by atoms with Gasteiger partial charge in [-0.25, -0.2) is 9.59 Å². The normalized spacial score (nSPS) is 42.9. The summed E-state index contributed by atoms with van der Waals surface area (Å²) in [7, 11) is 0. The Morgan fingerprint density at radius 1 is 1.29 bits per heavy atom. The van der Waals surface area contributed by atoms with Gasteiger partial charge in [-0.05, 0) is 45.6 Å². The lowest BCUT2D eigenvalue weighted by Gasteiger charge is -2.32. The summed E-state index contributed by atoms with van der Waals surface area (Å²) in [6.07, 6.45) is 3.59. The van der Waals surface area contributed by atoms with E-state index in [4.69, 9.17) is 9.47 Å². The van der Waals surface area contributed by atoms with E-state index in [-0.39, 0.29) is 37.1 Å². The molecule has 24 heavy (non-hydrogen) atoms. The summed E-state index contributed by atoms with van der Waals surface area (Å²) in [6.45, 7) is 7.11. The fourth-order valence-electron chi connectivity index (χ4n) is 4.11. The molecule has 0 aliphatic carbocycles. The van der Waals surface area contributed by atoms with Gasteiger partial charge < -0.3 is 14.6 Å². The molecule has 0 aromatic rings. The molecule has 0 aromatic carbocycles. The molecule has 3 aliphatic rings. The predicted octanol–water partition coefficient (Wildman–Crippen LogP) is 1.27. The molecule has 0 radical (unpaired) electrons. The zero-order valence-electron chi connectivity index (χ0n) is 14.7. The topological polar surface area (TPSA) is 76.1 Å². The lowest BCUT2D eigenvalue weighted by Crippen LogP contribution is -2.46. The molecule has 0 unspecified atom stereocenters. The largest absolute Gasteiger partial charge is 0.463 e. The zero-order chi connectivity index (χ0) is 17.5. The van der Waals surface area contributed by atoms with Crippen LogP contribution in [0.25, 0.3) is 0 Å². The summed E-state index contributed by atoms with van der Waals surface area (Å²) < 4.78 is 11.3. The number of carbonyl (C=O) groups excluding carboxylic acids is 2. The number of hydrogen-bond donors (Lipinski definition) is 1. The molecule has 3 fully saturated rings. The van der Waals surface area contributed by atoms with Gasteiger partial charge in [0, 0.05) is 18.0 Å². The van der Waals surface area contributed by atoms with E-state index in [1.54, 1.807) is 19.9 Å².